The number of hydrogen-bond donors (Lipinski definition) is 3. The highest BCUT2D eigenvalue weighted by molar-refractivity contribution is 7.99. The quantitative estimate of drug-likeness (QED) is 0.342. The van der Waals surface area contributed by atoms with Gasteiger partial charge in [0.05, 0.1) is 11.1 Å². The van der Waals surface area contributed by atoms with Crippen LogP contribution in [0.2, 0.25) is 0 Å². The highest BCUT2D eigenvalue weighted by Crippen LogP contribution is 2.36. The van der Waals surface area contributed by atoms with E-state index in [1.54, 1.807) is 6.08 Å². The van der Waals surface area contributed by atoms with E-state index in [1.807, 2.05) is 74.4 Å². The zero-order valence-electron chi connectivity index (χ0n) is 22.3. The number of carbonyl (C=O) groups excluding carboxylic acids is 2. The van der Waals surface area contributed by atoms with Crippen molar-refractivity contribution in [1.29, 1.82) is 0 Å². The number of aromatic nitrogens is 2. The first-order chi connectivity index (χ1) is 18.7. The summed E-state index contributed by atoms with van der Waals surface area (Å²) in [7, 11) is 0. The Morgan fingerprint density at radius 3 is 2.32 bits per heavy atom. The molecule has 0 aliphatic carbocycles. The second-order valence-corrected chi connectivity index (χ2v) is 10.1. The first-order valence-electron chi connectivity index (χ1n) is 13.3. The van der Waals surface area contributed by atoms with Gasteiger partial charge in [-0.1, -0.05) is 50.8 Å². The molecule has 2 amide bonds. The molecule has 8 heteroatoms. The average molecular weight is 532 g/mol. The Hall–Kier alpha value is -3.33. The lowest BCUT2D eigenvalue weighted by atomic mass is 9.97. The largest absolute Gasteiger partial charge is 0.346 e. The van der Waals surface area contributed by atoms with E-state index in [-0.39, 0.29) is 11.8 Å². The van der Waals surface area contributed by atoms with E-state index < -0.39 is 0 Å². The number of hydrogen-bond acceptors (Lipinski definition) is 5. The molecule has 38 heavy (non-hydrogen) atoms. The molecule has 3 aromatic rings. The minimum absolute atomic E-state index is 0.350. The normalized spacial score (nSPS) is 17.3. The van der Waals surface area contributed by atoms with Crippen LogP contribution in [0.4, 0.5) is 0 Å². The van der Waals surface area contributed by atoms with Crippen molar-refractivity contribution in [1.82, 2.24) is 25.1 Å². The number of thioether (sulfide) groups is 1. The molecule has 0 atom stereocenters. The molecule has 200 valence electrons. The molecule has 4 heterocycles. The molecule has 0 saturated carbocycles. The van der Waals surface area contributed by atoms with Crippen LogP contribution in [0.15, 0.2) is 61.5 Å². The van der Waals surface area contributed by atoms with Gasteiger partial charge in [-0.3, -0.25) is 14.9 Å². The van der Waals surface area contributed by atoms with Gasteiger partial charge >= 0.3 is 0 Å². The van der Waals surface area contributed by atoms with Crippen LogP contribution in [0, 0.1) is 0 Å². The highest BCUT2D eigenvalue weighted by Gasteiger charge is 2.34. The van der Waals surface area contributed by atoms with Crippen LogP contribution in [0.25, 0.3) is 28.1 Å². The first kappa shape index (κ1) is 27.7. The number of nitrogens with one attached hydrogen (secondary N) is 3. The number of fused-ring (bicyclic) bond motifs is 9. The fourth-order valence-corrected chi connectivity index (χ4v) is 5.60. The summed E-state index contributed by atoms with van der Waals surface area (Å²) in [6, 6.07) is 10.0. The molecular formula is C30H37N5O2S. The van der Waals surface area contributed by atoms with E-state index in [9.17, 15) is 9.59 Å². The number of para-hydroxylation sites is 1. The van der Waals surface area contributed by atoms with Gasteiger partial charge in [0, 0.05) is 90.9 Å². The number of rotatable bonds is 2. The molecule has 2 aromatic heterocycles. The molecule has 0 unspecified atom stereocenters. The van der Waals surface area contributed by atoms with Crippen molar-refractivity contribution in [2.45, 2.75) is 26.9 Å². The third-order valence-corrected chi connectivity index (χ3v) is 7.50. The average Bonchev–Trinajstić information content (AvgIpc) is 3.59. The van der Waals surface area contributed by atoms with Gasteiger partial charge in [-0.25, -0.2) is 0 Å². The highest BCUT2D eigenvalue weighted by atomic mass is 32.2. The zero-order valence-corrected chi connectivity index (χ0v) is 23.1. The summed E-state index contributed by atoms with van der Waals surface area (Å²) in [6.07, 6.45) is 9.59. The molecule has 3 N–H and O–H groups in total. The van der Waals surface area contributed by atoms with E-state index in [2.05, 4.69) is 37.7 Å². The topological polar surface area (TPSA) is 80.1 Å². The van der Waals surface area contributed by atoms with Crippen molar-refractivity contribution < 1.29 is 9.59 Å². The van der Waals surface area contributed by atoms with Crippen molar-refractivity contribution >= 4 is 51.7 Å². The maximum atomic E-state index is 13.1. The minimum Gasteiger partial charge on any atom is -0.346 e. The van der Waals surface area contributed by atoms with Crippen molar-refractivity contribution in [3.8, 4) is 0 Å². The number of nitrogens with zero attached hydrogens (tertiary/aromatic N) is 2. The lowest BCUT2D eigenvalue weighted by Crippen LogP contribution is -2.24. The lowest BCUT2D eigenvalue weighted by Gasteiger charge is -2.09. The number of carbonyl (C=O) groups is 2. The smallest absolute Gasteiger partial charge is 0.259 e. The monoisotopic (exact) mass is 531 g/mol. The fraction of sp³-hybridized carbons (Fsp3) is 0.333. The first-order valence-corrected chi connectivity index (χ1v) is 14.5. The van der Waals surface area contributed by atoms with Crippen LogP contribution in [0.3, 0.4) is 0 Å². The standard InChI is InChI=1S/C28H31N5O2S.C2H6/c1-2-3-6-21-17-20-18-32(21)13-9-29-11-15-36-16-12-30-10-14-33-19-23(22-7-4-5-8-24(22)33)26-25(20)27(34)31-28(26)35;1-2/h2-8,17-19,29-30H,1,9-16H2,(H,31,34,35);1-2H3/b6-3-;. The van der Waals surface area contributed by atoms with Crippen LogP contribution in [0.1, 0.15) is 30.7 Å². The summed E-state index contributed by atoms with van der Waals surface area (Å²) in [4.78, 5) is 26.2. The van der Waals surface area contributed by atoms with Crippen LogP contribution < -0.4 is 16.0 Å². The number of imide groups is 1. The molecule has 0 saturated heterocycles. The van der Waals surface area contributed by atoms with Gasteiger partial charge < -0.3 is 19.8 Å². The van der Waals surface area contributed by atoms with Gasteiger partial charge in [-0.2, -0.15) is 11.8 Å². The van der Waals surface area contributed by atoms with Crippen molar-refractivity contribution in [3.63, 3.8) is 0 Å². The van der Waals surface area contributed by atoms with Crippen molar-refractivity contribution in [3.05, 3.63) is 78.3 Å². The Kier molecular flexibility index (Phi) is 9.81. The van der Waals surface area contributed by atoms with Crippen molar-refractivity contribution in [2.24, 2.45) is 0 Å². The van der Waals surface area contributed by atoms with Gasteiger partial charge in [0.25, 0.3) is 11.8 Å². The summed E-state index contributed by atoms with van der Waals surface area (Å²) >= 11 is 1.94. The molecule has 0 radical (unpaired) electrons. The summed E-state index contributed by atoms with van der Waals surface area (Å²) in [5.74, 6) is 1.42. The predicted molar refractivity (Wildman–Crippen MR) is 160 cm³/mol. The second-order valence-electron chi connectivity index (χ2n) is 8.84. The van der Waals surface area contributed by atoms with E-state index in [4.69, 9.17) is 0 Å². The van der Waals surface area contributed by atoms with Crippen LogP contribution >= 0.6 is 11.8 Å². The van der Waals surface area contributed by atoms with Crippen molar-refractivity contribution in [2.75, 3.05) is 37.7 Å². The number of amides is 2. The molecule has 2 aliphatic rings. The Bertz CT molecular complexity index is 1360. The Balaban J connectivity index is 0.00000164. The van der Waals surface area contributed by atoms with Gasteiger partial charge in [-0.15, -0.1) is 0 Å². The Morgan fingerprint density at radius 2 is 1.58 bits per heavy atom. The third-order valence-electron chi connectivity index (χ3n) is 6.52. The van der Waals surface area contributed by atoms with E-state index in [0.29, 0.717) is 11.1 Å². The fourth-order valence-electron chi connectivity index (χ4n) is 4.82. The van der Waals surface area contributed by atoms with Gasteiger partial charge in [-0.05, 0) is 18.2 Å². The molecule has 4 bridgehead atoms. The molecule has 0 spiro atoms. The van der Waals surface area contributed by atoms with Gasteiger partial charge in [0.2, 0.25) is 0 Å². The third kappa shape index (κ3) is 6.04. The SMILES string of the molecule is C=C/C=C\c1cc2cn1CCNCCSCCNCCn1cc(c3ccccc31)C1=C2C(=O)NC1=O.CC. The molecule has 5 rings (SSSR count). The maximum Gasteiger partial charge on any atom is 0.259 e. The van der Waals surface area contributed by atoms with Crippen LogP contribution in [-0.4, -0.2) is 58.6 Å². The van der Waals surface area contributed by atoms with Gasteiger partial charge in [0.1, 0.15) is 0 Å². The Labute approximate surface area is 229 Å². The minimum atomic E-state index is -0.356. The van der Waals surface area contributed by atoms with E-state index in [1.165, 1.54) is 0 Å². The molecule has 1 aromatic carbocycles. The summed E-state index contributed by atoms with van der Waals surface area (Å²) in [5.41, 5.74) is 4.40. The molecule has 7 nitrogen and oxygen atoms in total. The number of allylic oxidation sites excluding steroid dienone is 2. The summed E-state index contributed by atoms with van der Waals surface area (Å²) in [5, 5.41) is 10.5. The van der Waals surface area contributed by atoms with E-state index in [0.717, 1.165) is 78.5 Å². The van der Waals surface area contributed by atoms with Crippen LogP contribution in [-0.2, 0) is 22.7 Å². The lowest BCUT2D eigenvalue weighted by molar-refractivity contribution is -0.122. The summed E-state index contributed by atoms with van der Waals surface area (Å²) in [6.45, 7) is 12.8. The predicted octanol–water partition coefficient (Wildman–Crippen LogP) is 4.16. The second kappa shape index (κ2) is 13.5. The van der Waals surface area contributed by atoms with Gasteiger partial charge in [0.15, 0.2) is 0 Å². The molecule has 0 fully saturated rings. The Morgan fingerprint density at radius 1 is 0.895 bits per heavy atom. The number of benzene rings is 1. The van der Waals surface area contributed by atoms with Crippen LogP contribution in [0.5, 0.6) is 0 Å². The summed E-state index contributed by atoms with van der Waals surface area (Å²) < 4.78 is 4.30. The van der Waals surface area contributed by atoms with E-state index >= 15 is 0 Å². The molecule has 2 aliphatic heterocycles. The molecular weight excluding hydrogens is 494 g/mol. The maximum absolute atomic E-state index is 13.1. The zero-order chi connectivity index (χ0) is 26.9.